The summed E-state index contributed by atoms with van der Waals surface area (Å²) in [6, 6.07) is 0.802. The number of hydrogen-bond acceptors (Lipinski definition) is 4. The molecule has 2 heterocycles. The van der Waals surface area contributed by atoms with Crippen molar-refractivity contribution in [1.82, 2.24) is 9.88 Å². The van der Waals surface area contributed by atoms with Crippen LogP contribution in [0.1, 0.15) is 24.4 Å². The normalized spacial score (nSPS) is 26.5. The zero-order valence-electron chi connectivity index (χ0n) is 7.81. The monoisotopic (exact) mass is 197 g/mol. The molecule has 0 aliphatic carbocycles. The zero-order valence-corrected chi connectivity index (χ0v) is 8.63. The summed E-state index contributed by atoms with van der Waals surface area (Å²) >= 11 is 1.73. The van der Waals surface area contributed by atoms with E-state index in [0.717, 1.165) is 19.5 Å². The number of aromatic nitrogens is 1. The minimum Gasteiger partial charge on any atom is -0.326 e. The lowest BCUT2D eigenvalue weighted by atomic mass is 10.3. The predicted octanol–water partition coefficient (Wildman–Crippen LogP) is 1.24. The molecule has 1 unspecified atom stereocenters. The summed E-state index contributed by atoms with van der Waals surface area (Å²) in [6.07, 6.45) is 2.99. The number of likely N-dealkylation sites (tertiary alicyclic amines) is 1. The van der Waals surface area contributed by atoms with Crippen molar-refractivity contribution in [3.63, 3.8) is 0 Å². The summed E-state index contributed by atoms with van der Waals surface area (Å²) in [4.78, 5) is 6.73. The third-order valence-corrected chi connectivity index (χ3v) is 3.56. The van der Waals surface area contributed by atoms with Crippen molar-refractivity contribution in [3.05, 3.63) is 16.6 Å². The molecule has 0 radical (unpaired) electrons. The minimum atomic E-state index is 0.363. The SMILES string of the molecule is CC(c1nccs1)N1CC[C@@H](N)C1. The highest BCUT2D eigenvalue weighted by Gasteiger charge is 2.25. The lowest BCUT2D eigenvalue weighted by Gasteiger charge is -2.21. The molecule has 0 bridgehead atoms. The molecule has 1 aliphatic rings. The first-order valence-corrected chi connectivity index (χ1v) is 5.54. The Morgan fingerprint density at radius 2 is 2.62 bits per heavy atom. The van der Waals surface area contributed by atoms with Gasteiger partial charge in [0.25, 0.3) is 0 Å². The molecule has 1 aromatic heterocycles. The number of thiazole rings is 1. The standard InChI is InChI=1S/C9H15N3S/c1-7(9-11-3-5-13-9)12-4-2-8(10)6-12/h3,5,7-8H,2,4,6,10H2,1H3/t7?,8-/m1/s1. The van der Waals surface area contributed by atoms with Gasteiger partial charge in [-0.1, -0.05) is 0 Å². The summed E-state index contributed by atoms with van der Waals surface area (Å²) in [6.45, 7) is 4.33. The van der Waals surface area contributed by atoms with Gasteiger partial charge in [0.2, 0.25) is 0 Å². The van der Waals surface area contributed by atoms with Crippen LogP contribution in [0.2, 0.25) is 0 Å². The van der Waals surface area contributed by atoms with Crippen LogP contribution in [0, 0.1) is 0 Å². The van der Waals surface area contributed by atoms with Crippen molar-refractivity contribution in [2.45, 2.75) is 25.4 Å². The second-order valence-corrected chi connectivity index (χ2v) is 4.52. The van der Waals surface area contributed by atoms with E-state index in [2.05, 4.69) is 16.8 Å². The molecule has 0 aromatic carbocycles. The van der Waals surface area contributed by atoms with Crippen molar-refractivity contribution in [3.8, 4) is 0 Å². The smallest absolute Gasteiger partial charge is 0.109 e. The van der Waals surface area contributed by atoms with Crippen LogP contribution in [0.5, 0.6) is 0 Å². The molecule has 2 rings (SSSR count). The lowest BCUT2D eigenvalue weighted by Crippen LogP contribution is -2.28. The fourth-order valence-electron chi connectivity index (χ4n) is 1.76. The van der Waals surface area contributed by atoms with Gasteiger partial charge in [-0.3, -0.25) is 4.90 Å². The van der Waals surface area contributed by atoms with Crippen molar-refractivity contribution in [2.75, 3.05) is 13.1 Å². The van der Waals surface area contributed by atoms with E-state index in [1.54, 1.807) is 11.3 Å². The van der Waals surface area contributed by atoms with Crippen molar-refractivity contribution >= 4 is 11.3 Å². The Hall–Kier alpha value is -0.450. The number of rotatable bonds is 2. The van der Waals surface area contributed by atoms with E-state index in [0.29, 0.717) is 12.1 Å². The van der Waals surface area contributed by atoms with Crippen molar-refractivity contribution < 1.29 is 0 Å². The van der Waals surface area contributed by atoms with E-state index in [1.165, 1.54) is 5.01 Å². The first-order chi connectivity index (χ1) is 6.27. The summed E-state index contributed by atoms with van der Waals surface area (Å²) in [7, 11) is 0. The summed E-state index contributed by atoms with van der Waals surface area (Å²) in [5.74, 6) is 0. The maximum absolute atomic E-state index is 5.86. The Bertz CT molecular complexity index is 260. The average Bonchev–Trinajstić information content (AvgIpc) is 2.72. The van der Waals surface area contributed by atoms with Gasteiger partial charge >= 0.3 is 0 Å². The van der Waals surface area contributed by atoms with Gasteiger partial charge in [-0.25, -0.2) is 4.98 Å². The van der Waals surface area contributed by atoms with E-state index in [1.807, 2.05) is 11.6 Å². The van der Waals surface area contributed by atoms with Crippen LogP contribution >= 0.6 is 11.3 Å². The predicted molar refractivity (Wildman–Crippen MR) is 54.7 cm³/mol. The number of hydrogen-bond donors (Lipinski definition) is 1. The second-order valence-electron chi connectivity index (χ2n) is 3.59. The van der Waals surface area contributed by atoms with Gasteiger partial charge in [-0.2, -0.15) is 0 Å². The maximum Gasteiger partial charge on any atom is 0.109 e. The van der Waals surface area contributed by atoms with Gasteiger partial charge in [-0.05, 0) is 13.3 Å². The second kappa shape index (κ2) is 3.74. The highest BCUT2D eigenvalue weighted by Crippen LogP contribution is 2.25. The Kier molecular flexibility index (Phi) is 2.62. The van der Waals surface area contributed by atoms with Crippen LogP contribution in [0.25, 0.3) is 0 Å². The van der Waals surface area contributed by atoms with Gasteiger partial charge in [0.05, 0.1) is 6.04 Å². The Balaban J connectivity index is 2.02. The van der Waals surface area contributed by atoms with E-state index in [9.17, 15) is 0 Å². The van der Waals surface area contributed by atoms with Crippen LogP contribution in [-0.4, -0.2) is 29.0 Å². The molecule has 72 valence electrons. The summed E-state index contributed by atoms with van der Waals surface area (Å²) < 4.78 is 0. The van der Waals surface area contributed by atoms with Crippen LogP contribution in [0.4, 0.5) is 0 Å². The van der Waals surface area contributed by atoms with E-state index in [4.69, 9.17) is 5.73 Å². The Morgan fingerprint density at radius 3 is 3.15 bits per heavy atom. The summed E-state index contributed by atoms with van der Waals surface area (Å²) in [5, 5.41) is 3.23. The van der Waals surface area contributed by atoms with Crippen LogP contribution in [0.15, 0.2) is 11.6 Å². The molecule has 1 aromatic rings. The van der Waals surface area contributed by atoms with Crippen molar-refractivity contribution in [1.29, 1.82) is 0 Å². The van der Waals surface area contributed by atoms with Gasteiger partial charge < -0.3 is 5.73 Å². The topological polar surface area (TPSA) is 42.2 Å². The fourth-order valence-corrected chi connectivity index (χ4v) is 2.49. The molecule has 3 nitrogen and oxygen atoms in total. The average molecular weight is 197 g/mol. The van der Waals surface area contributed by atoms with Gasteiger partial charge in [0.15, 0.2) is 0 Å². The van der Waals surface area contributed by atoms with Gasteiger partial charge in [0, 0.05) is 30.7 Å². The molecule has 2 N–H and O–H groups in total. The number of nitrogens with zero attached hydrogens (tertiary/aromatic N) is 2. The highest BCUT2D eigenvalue weighted by atomic mass is 32.1. The first kappa shape index (κ1) is 9.12. The largest absolute Gasteiger partial charge is 0.326 e. The van der Waals surface area contributed by atoms with E-state index in [-0.39, 0.29) is 0 Å². The number of nitrogens with two attached hydrogens (primary N) is 1. The van der Waals surface area contributed by atoms with Crippen LogP contribution in [0.3, 0.4) is 0 Å². The van der Waals surface area contributed by atoms with E-state index >= 15 is 0 Å². The molecule has 1 aliphatic heterocycles. The fraction of sp³-hybridized carbons (Fsp3) is 0.667. The van der Waals surface area contributed by atoms with Gasteiger partial charge in [0.1, 0.15) is 5.01 Å². The molecule has 0 saturated carbocycles. The molecular formula is C9H15N3S. The summed E-state index contributed by atoms with van der Waals surface area (Å²) in [5.41, 5.74) is 5.86. The Labute approximate surface area is 82.6 Å². The lowest BCUT2D eigenvalue weighted by molar-refractivity contribution is 0.259. The molecular weight excluding hydrogens is 182 g/mol. The van der Waals surface area contributed by atoms with Gasteiger partial charge in [-0.15, -0.1) is 11.3 Å². The van der Waals surface area contributed by atoms with Crippen molar-refractivity contribution in [2.24, 2.45) is 5.73 Å². The molecule has 1 fully saturated rings. The molecule has 0 spiro atoms. The quantitative estimate of drug-likeness (QED) is 0.775. The third-order valence-electron chi connectivity index (χ3n) is 2.61. The third kappa shape index (κ3) is 1.90. The van der Waals surface area contributed by atoms with Crippen LogP contribution in [-0.2, 0) is 0 Å². The molecule has 4 heteroatoms. The van der Waals surface area contributed by atoms with E-state index < -0.39 is 0 Å². The minimum absolute atomic E-state index is 0.363. The zero-order chi connectivity index (χ0) is 9.26. The first-order valence-electron chi connectivity index (χ1n) is 4.66. The molecule has 2 atom stereocenters. The maximum atomic E-state index is 5.86. The van der Waals surface area contributed by atoms with Crippen LogP contribution < -0.4 is 5.73 Å². The Morgan fingerprint density at radius 1 is 1.77 bits per heavy atom. The molecule has 13 heavy (non-hydrogen) atoms. The molecule has 1 saturated heterocycles. The molecule has 0 amide bonds. The highest BCUT2D eigenvalue weighted by molar-refractivity contribution is 7.09.